The summed E-state index contributed by atoms with van der Waals surface area (Å²) >= 11 is 0. The summed E-state index contributed by atoms with van der Waals surface area (Å²) in [6.07, 6.45) is 1.39. The van der Waals surface area contributed by atoms with Crippen molar-refractivity contribution in [3.05, 3.63) is 47.9 Å². The van der Waals surface area contributed by atoms with Gasteiger partial charge in [0.05, 0.1) is 18.4 Å². The molecule has 0 saturated carbocycles. The highest BCUT2D eigenvalue weighted by Crippen LogP contribution is 2.10. The van der Waals surface area contributed by atoms with Crippen LogP contribution in [0.25, 0.3) is 0 Å². The van der Waals surface area contributed by atoms with Crippen LogP contribution in [0, 0.1) is 17.3 Å². The molecule has 0 fully saturated rings. The molecule has 0 atom stereocenters. The molecule has 2 rings (SSSR count). The molecule has 2 aromatic rings. The number of hydrogen-bond acceptors (Lipinski definition) is 4. The molecule has 0 spiro atoms. The van der Waals surface area contributed by atoms with Crippen LogP contribution < -0.4 is 5.32 Å². The van der Waals surface area contributed by atoms with E-state index in [9.17, 15) is 4.39 Å². The lowest BCUT2D eigenvalue weighted by atomic mass is 10.4. The average Bonchev–Trinajstić information content (AvgIpc) is 2.76. The standard InChI is InChI=1S/C11H8FN3O/c12-11-4-1-8(6-15-11)14-7-10-3-2-9(5-13)16-10/h1-4,6,14H,7H2. The van der Waals surface area contributed by atoms with Gasteiger partial charge in [-0.15, -0.1) is 0 Å². The van der Waals surface area contributed by atoms with Gasteiger partial charge in [0.25, 0.3) is 0 Å². The Morgan fingerprint density at radius 1 is 1.38 bits per heavy atom. The summed E-state index contributed by atoms with van der Waals surface area (Å²) in [5.74, 6) is 0.394. The maximum atomic E-state index is 12.5. The lowest BCUT2D eigenvalue weighted by Crippen LogP contribution is -1.98. The molecule has 0 aliphatic carbocycles. The van der Waals surface area contributed by atoms with Crippen molar-refractivity contribution in [1.82, 2.24) is 4.98 Å². The van der Waals surface area contributed by atoms with Gasteiger partial charge in [-0.1, -0.05) is 0 Å². The summed E-state index contributed by atoms with van der Waals surface area (Å²) < 4.78 is 17.7. The summed E-state index contributed by atoms with van der Waals surface area (Å²) in [6.45, 7) is 0.426. The molecule has 1 N–H and O–H groups in total. The van der Waals surface area contributed by atoms with Crippen molar-refractivity contribution in [1.29, 1.82) is 5.26 Å². The van der Waals surface area contributed by atoms with Crippen molar-refractivity contribution in [2.75, 3.05) is 5.32 Å². The molecule has 2 aromatic heterocycles. The highest BCUT2D eigenvalue weighted by molar-refractivity contribution is 5.40. The Morgan fingerprint density at radius 3 is 2.88 bits per heavy atom. The molecule has 0 aliphatic rings. The molecule has 16 heavy (non-hydrogen) atoms. The van der Waals surface area contributed by atoms with Crippen LogP contribution in [0.4, 0.5) is 10.1 Å². The van der Waals surface area contributed by atoms with Crippen LogP contribution in [0.15, 0.2) is 34.9 Å². The number of nitrogens with one attached hydrogen (secondary N) is 1. The van der Waals surface area contributed by atoms with E-state index in [0.717, 1.165) is 0 Å². The van der Waals surface area contributed by atoms with Crippen molar-refractivity contribution in [2.24, 2.45) is 0 Å². The predicted octanol–water partition coefficient (Wildman–Crippen LogP) is 2.30. The molecule has 80 valence electrons. The number of halogens is 1. The quantitative estimate of drug-likeness (QED) is 0.801. The number of aromatic nitrogens is 1. The minimum absolute atomic E-state index is 0.272. The Bertz CT molecular complexity index is 513. The minimum Gasteiger partial charge on any atom is -0.449 e. The third kappa shape index (κ3) is 2.36. The molecule has 0 unspecified atom stereocenters. The maximum Gasteiger partial charge on any atom is 0.212 e. The first-order valence-electron chi connectivity index (χ1n) is 4.62. The van der Waals surface area contributed by atoms with Gasteiger partial charge in [-0.05, 0) is 24.3 Å². The fourth-order valence-corrected chi connectivity index (χ4v) is 1.20. The topological polar surface area (TPSA) is 61.9 Å². The summed E-state index contributed by atoms with van der Waals surface area (Å²) in [5, 5.41) is 11.5. The molecule has 0 radical (unpaired) electrons. The second-order valence-electron chi connectivity index (χ2n) is 3.10. The van der Waals surface area contributed by atoms with Crippen LogP contribution in [-0.2, 0) is 6.54 Å². The summed E-state index contributed by atoms with van der Waals surface area (Å²) in [6, 6.07) is 8.05. The van der Waals surface area contributed by atoms with E-state index >= 15 is 0 Å². The van der Waals surface area contributed by atoms with E-state index in [2.05, 4.69) is 10.3 Å². The van der Waals surface area contributed by atoms with Crippen molar-refractivity contribution in [2.45, 2.75) is 6.54 Å². The SMILES string of the molecule is N#Cc1ccc(CNc2ccc(F)nc2)o1. The normalized spacial score (nSPS) is 9.75. The van der Waals surface area contributed by atoms with E-state index in [1.54, 1.807) is 18.2 Å². The van der Waals surface area contributed by atoms with Gasteiger partial charge in [-0.2, -0.15) is 9.65 Å². The second kappa shape index (κ2) is 4.45. The van der Waals surface area contributed by atoms with Crippen molar-refractivity contribution in [3.8, 4) is 6.07 Å². The third-order valence-electron chi connectivity index (χ3n) is 1.97. The van der Waals surface area contributed by atoms with Gasteiger partial charge in [-0.3, -0.25) is 0 Å². The van der Waals surface area contributed by atoms with E-state index in [1.807, 2.05) is 6.07 Å². The summed E-state index contributed by atoms with van der Waals surface area (Å²) in [4.78, 5) is 3.50. The molecule has 5 heteroatoms. The molecule has 0 aliphatic heterocycles. The van der Waals surface area contributed by atoms with Gasteiger partial charge < -0.3 is 9.73 Å². The first-order valence-corrected chi connectivity index (χ1v) is 4.62. The van der Waals surface area contributed by atoms with Crippen molar-refractivity contribution < 1.29 is 8.81 Å². The Kier molecular flexibility index (Phi) is 2.83. The zero-order chi connectivity index (χ0) is 11.4. The summed E-state index contributed by atoms with van der Waals surface area (Å²) in [5.41, 5.74) is 0.691. The first-order chi connectivity index (χ1) is 7.78. The maximum absolute atomic E-state index is 12.5. The monoisotopic (exact) mass is 217 g/mol. The number of pyridine rings is 1. The molecular weight excluding hydrogens is 209 g/mol. The van der Waals surface area contributed by atoms with E-state index in [4.69, 9.17) is 9.68 Å². The number of hydrogen-bond donors (Lipinski definition) is 1. The number of nitrogens with zero attached hydrogens (tertiary/aromatic N) is 2. The third-order valence-corrected chi connectivity index (χ3v) is 1.97. The molecule has 0 aromatic carbocycles. The fourth-order valence-electron chi connectivity index (χ4n) is 1.20. The molecule has 0 bridgehead atoms. The Labute approximate surface area is 91.3 Å². The van der Waals surface area contributed by atoms with Gasteiger partial charge in [0.15, 0.2) is 0 Å². The Balaban J connectivity index is 1.97. The Hall–Kier alpha value is -2.35. The van der Waals surface area contributed by atoms with E-state index < -0.39 is 5.95 Å². The zero-order valence-corrected chi connectivity index (χ0v) is 8.27. The molecule has 0 saturated heterocycles. The van der Waals surface area contributed by atoms with Gasteiger partial charge >= 0.3 is 0 Å². The van der Waals surface area contributed by atoms with Gasteiger partial charge in [0.1, 0.15) is 11.8 Å². The van der Waals surface area contributed by atoms with Crippen LogP contribution in [0.1, 0.15) is 11.5 Å². The van der Waals surface area contributed by atoms with Crippen molar-refractivity contribution in [3.63, 3.8) is 0 Å². The van der Waals surface area contributed by atoms with Crippen LogP contribution in [0.3, 0.4) is 0 Å². The van der Waals surface area contributed by atoms with Gasteiger partial charge in [-0.25, -0.2) is 4.98 Å². The summed E-state index contributed by atoms with van der Waals surface area (Å²) in [7, 11) is 0. The zero-order valence-electron chi connectivity index (χ0n) is 8.27. The van der Waals surface area contributed by atoms with Crippen LogP contribution in [-0.4, -0.2) is 4.98 Å². The highest BCUT2D eigenvalue weighted by atomic mass is 19.1. The van der Waals surface area contributed by atoms with Crippen molar-refractivity contribution >= 4 is 5.69 Å². The van der Waals surface area contributed by atoms with Crippen LogP contribution >= 0.6 is 0 Å². The lowest BCUT2D eigenvalue weighted by Gasteiger charge is -2.02. The Morgan fingerprint density at radius 2 is 2.25 bits per heavy atom. The lowest BCUT2D eigenvalue weighted by molar-refractivity contribution is 0.506. The van der Waals surface area contributed by atoms with E-state index in [0.29, 0.717) is 18.0 Å². The highest BCUT2D eigenvalue weighted by Gasteiger charge is 2.01. The van der Waals surface area contributed by atoms with Crippen LogP contribution in [0.2, 0.25) is 0 Å². The fraction of sp³-hybridized carbons (Fsp3) is 0.0909. The number of furan rings is 1. The first kappa shape index (κ1) is 10.2. The van der Waals surface area contributed by atoms with E-state index in [-0.39, 0.29) is 5.76 Å². The largest absolute Gasteiger partial charge is 0.449 e. The molecule has 0 amide bonds. The minimum atomic E-state index is -0.518. The van der Waals surface area contributed by atoms with Gasteiger partial charge in [0.2, 0.25) is 11.7 Å². The number of rotatable bonds is 3. The smallest absolute Gasteiger partial charge is 0.212 e. The van der Waals surface area contributed by atoms with Gasteiger partial charge in [0, 0.05) is 0 Å². The number of anilines is 1. The number of nitriles is 1. The average molecular weight is 217 g/mol. The molecule has 4 nitrogen and oxygen atoms in total. The molecule has 2 heterocycles. The second-order valence-corrected chi connectivity index (χ2v) is 3.10. The molecular formula is C11H8FN3O. The van der Waals surface area contributed by atoms with Crippen LogP contribution in [0.5, 0.6) is 0 Å². The predicted molar refractivity (Wildman–Crippen MR) is 54.9 cm³/mol. The van der Waals surface area contributed by atoms with E-state index in [1.165, 1.54) is 12.3 Å².